The molecule has 0 bridgehead atoms. The van der Waals surface area contributed by atoms with E-state index in [0.717, 1.165) is 21.0 Å². The minimum Gasteiger partial charge on any atom is -0.272 e. The van der Waals surface area contributed by atoms with Crippen LogP contribution in [0.5, 0.6) is 0 Å². The highest BCUT2D eigenvalue weighted by Gasteiger charge is 2.44. The van der Waals surface area contributed by atoms with Gasteiger partial charge < -0.3 is 0 Å². The second-order valence-electron chi connectivity index (χ2n) is 5.90. The van der Waals surface area contributed by atoms with Crippen LogP contribution in [0.15, 0.2) is 24.3 Å². The van der Waals surface area contributed by atoms with Crippen LogP contribution in [0.2, 0.25) is 0 Å². The van der Waals surface area contributed by atoms with Gasteiger partial charge in [-0.1, -0.05) is 24.3 Å². The van der Waals surface area contributed by atoms with Gasteiger partial charge in [-0.25, -0.2) is 9.80 Å². The first-order chi connectivity index (χ1) is 11.0. The molecule has 1 N–H and O–H groups in total. The fraction of sp³-hybridized carbons (Fsp3) is 0.375. The SMILES string of the molecule is CN1C(=O)CN(NC(=O)C2(C#N)CCc3ccccc3C2)C1=O. The van der Waals surface area contributed by atoms with Gasteiger partial charge in [0.2, 0.25) is 0 Å². The molecule has 2 aliphatic rings. The Balaban J connectivity index is 1.80. The summed E-state index contributed by atoms with van der Waals surface area (Å²) in [6.45, 7) is -0.209. The van der Waals surface area contributed by atoms with Gasteiger partial charge in [-0.2, -0.15) is 5.26 Å². The summed E-state index contributed by atoms with van der Waals surface area (Å²) in [6, 6.07) is 9.24. The van der Waals surface area contributed by atoms with Gasteiger partial charge in [-0.05, 0) is 24.0 Å². The molecule has 1 aromatic rings. The van der Waals surface area contributed by atoms with E-state index in [0.29, 0.717) is 19.3 Å². The summed E-state index contributed by atoms with van der Waals surface area (Å²) >= 11 is 0. The molecule has 1 heterocycles. The molecule has 1 aliphatic heterocycles. The second-order valence-corrected chi connectivity index (χ2v) is 5.90. The van der Waals surface area contributed by atoms with Crippen molar-refractivity contribution in [3.63, 3.8) is 0 Å². The third-order valence-electron chi connectivity index (χ3n) is 4.50. The second kappa shape index (κ2) is 5.39. The monoisotopic (exact) mass is 312 g/mol. The summed E-state index contributed by atoms with van der Waals surface area (Å²) in [5.74, 6) is -0.929. The number of likely N-dealkylation sites (N-methyl/N-ethyl adjacent to an activating group) is 1. The lowest BCUT2D eigenvalue weighted by Crippen LogP contribution is -2.52. The third-order valence-corrected chi connectivity index (χ3v) is 4.50. The molecule has 23 heavy (non-hydrogen) atoms. The predicted molar refractivity (Wildman–Crippen MR) is 79.5 cm³/mol. The number of urea groups is 1. The van der Waals surface area contributed by atoms with Crippen molar-refractivity contribution in [2.75, 3.05) is 13.6 Å². The van der Waals surface area contributed by atoms with Gasteiger partial charge in [0.15, 0.2) is 0 Å². The van der Waals surface area contributed by atoms with Crippen LogP contribution in [0.3, 0.4) is 0 Å². The maximum atomic E-state index is 12.6. The van der Waals surface area contributed by atoms with Crippen molar-refractivity contribution in [3.05, 3.63) is 35.4 Å². The number of nitriles is 1. The molecule has 1 aromatic carbocycles. The zero-order chi connectivity index (χ0) is 16.6. The number of rotatable bonds is 2. The van der Waals surface area contributed by atoms with Crippen LogP contribution in [-0.2, 0) is 22.4 Å². The lowest BCUT2D eigenvalue weighted by atomic mass is 9.72. The number of hydrazine groups is 1. The van der Waals surface area contributed by atoms with Gasteiger partial charge >= 0.3 is 6.03 Å². The van der Waals surface area contributed by atoms with E-state index in [1.807, 2.05) is 24.3 Å². The first-order valence-corrected chi connectivity index (χ1v) is 7.34. The fourth-order valence-corrected chi connectivity index (χ4v) is 2.99. The highest BCUT2D eigenvalue weighted by Crippen LogP contribution is 2.35. The molecule has 7 nitrogen and oxygen atoms in total. The van der Waals surface area contributed by atoms with Gasteiger partial charge in [0.05, 0.1) is 6.07 Å². The summed E-state index contributed by atoms with van der Waals surface area (Å²) < 4.78 is 0. The van der Waals surface area contributed by atoms with E-state index in [1.165, 1.54) is 7.05 Å². The van der Waals surface area contributed by atoms with Crippen LogP contribution in [0.25, 0.3) is 0 Å². The number of fused-ring (bicyclic) bond motifs is 1. The Kier molecular flexibility index (Phi) is 3.52. The quantitative estimate of drug-likeness (QED) is 0.810. The average Bonchev–Trinajstić information content (AvgIpc) is 2.81. The molecule has 1 unspecified atom stereocenters. The molecule has 1 atom stereocenters. The summed E-state index contributed by atoms with van der Waals surface area (Å²) in [5.41, 5.74) is 3.32. The van der Waals surface area contributed by atoms with Crippen molar-refractivity contribution in [2.45, 2.75) is 19.3 Å². The van der Waals surface area contributed by atoms with E-state index in [-0.39, 0.29) is 6.54 Å². The molecule has 7 heteroatoms. The van der Waals surface area contributed by atoms with E-state index in [1.54, 1.807) is 0 Å². The number of aryl methyl sites for hydroxylation is 1. The van der Waals surface area contributed by atoms with E-state index >= 15 is 0 Å². The number of benzene rings is 1. The number of nitrogens with zero attached hydrogens (tertiary/aromatic N) is 3. The lowest BCUT2D eigenvalue weighted by Gasteiger charge is -2.32. The predicted octanol–water partition coefficient (Wildman–Crippen LogP) is 0.610. The van der Waals surface area contributed by atoms with E-state index in [9.17, 15) is 19.6 Å². The van der Waals surface area contributed by atoms with Gasteiger partial charge in [0.25, 0.3) is 11.8 Å². The van der Waals surface area contributed by atoms with E-state index < -0.39 is 23.3 Å². The Labute approximate surface area is 133 Å². The van der Waals surface area contributed by atoms with Gasteiger partial charge in [-0.15, -0.1) is 0 Å². The minimum atomic E-state index is -1.22. The lowest BCUT2D eigenvalue weighted by molar-refractivity contribution is -0.132. The van der Waals surface area contributed by atoms with Crippen LogP contribution in [0.1, 0.15) is 17.5 Å². The molecule has 0 aromatic heterocycles. The standard InChI is InChI=1S/C16H16N4O3/c1-19-13(21)9-20(15(19)23)18-14(22)16(10-17)7-6-11-4-2-3-5-12(11)8-16/h2-5H,6-9H2,1H3,(H,18,22). The summed E-state index contributed by atoms with van der Waals surface area (Å²) in [7, 11) is 1.35. The Morgan fingerprint density at radius 1 is 1.30 bits per heavy atom. The van der Waals surface area contributed by atoms with Crippen LogP contribution in [-0.4, -0.2) is 41.3 Å². The topological polar surface area (TPSA) is 93.5 Å². The number of amides is 4. The number of hydrogen-bond donors (Lipinski definition) is 1. The van der Waals surface area contributed by atoms with Gasteiger partial charge in [0, 0.05) is 13.5 Å². The maximum Gasteiger partial charge on any atom is 0.345 e. The minimum absolute atomic E-state index is 0.209. The molecule has 0 radical (unpaired) electrons. The van der Waals surface area contributed by atoms with E-state index in [2.05, 4.69) is 11.5 Å². The normalized spacial score (nSPS) is 23.5. The van der Waals surface area contributed by atoms with Gasteiger partial charge in [0.1, 0.15) is 12.0 Å². The Morgan fingerprint density at radius 2 is 2.00 bits per heavy atom. The molecular weight excluding hydrogens is 296 g/mol. The van der Waals surface area contributed by atoms with Crippen LogP contribution >= 0.6 is 0 Å². The van der Waals surface area contributed by atoms with Crippen LogP contribution in [0.4, 0.5) is 4.79 Å². The fourth-order valence-electron chi connectivity index (χ4n) is 2.99. The van der Waals surface area contributed by atoms with Crippen LogP contribution in [0, 0.1) is 16.7 Å². The van der Waals surface area contributed by atoms with Crippen molar-refractivity contribution >= 4 is 17.8 Å². The largest absolute Gasteiger partial charge is 0.345 e. The summed E-state index contributed by atoms with van der Waals surface area (Å²) in [5, 5.41) is 10.6. The molecule has 118 valence electrons. The molecule has 4 amide bonds. The van der Waals surface area contributed by atoms with Crippen molar-refractivity contribution < 1.29 is 14.4 Å². The average molecular weight is 312 g/mol. The number of nitrogens with one attached hydrogen (secondary N) is 1. The van der Waals surface area contributed by atoms with Gasteiger partial charge in [-0.3, -0.25) is 19.9 Å². The third kappa shape index (κ3) is 2.42. The molecule has 1 saturated heterocycles. The zero-order valence-corrected chi connectivity index (χ0v) is 12.7. The molecule has 0 saturated carbocycles. The number of hydrogen-bond acceptors (Lipinski definition) is 4. The van der Waals surface area contributed by atoms with Crippen molar-refractivity contribution in [1.29, 1.82) is 5.26 Å². The first kappa shape index (κ1) is 15.0. The summed E-state index contributed by atoms with van der Waals surface area (Å²) in [4.78, 5) is 36.9. The van der Waals surface area contributed by atoms with Crippen molar-refractivity contribution in [3.8, 4) is 6.07 Å². The molecular formula is C16H16N4O3. The maximum absolute atomic E-state index is 12.6. The zero-order valence-electron chi connectivity index (χ0n) is 12.7. The molecule has 1 aliphatic carbocycles. The number of carbonyl (C=O) groups excluding carboxylic acids is 3. The molecule has 3 rings (SSSR count). The van der Waals surface area contributed by atoms with Crippen molar-refractivity contribution in [1.82, 2.24) is 15.3 Å². The molecule has 0 spiro atoms. The highest BCUT2D eigenvalue weighted by molar-refractivity contribution is 6.02. The smallest absolute Gasteiger partial charge is 0.272 e. The number of imide groups is 1. The van der Waals surface area contributed by atoms with E-state index in [4.69, 9.17) is 0 Å². The number of carbonyl (C=O) groups is 3. The Morgan fingerprint density at radius 3 is 2.61 bits per heavy atom. The molecule has 1 fully saturated rings. The summed E-state index contributed by atoms with van der Waals surface area (Å²) in [6.07, 6.45) is 1.32. The first-order valence-electron chi connectivity index (χ1n) is 7.34. The Bertz CT molecular complexity index is 739. The van der Waals surface area contributed by atoms with Crippen LogP contribution < -0.4 is 5.43 Å². The highest BCUT2D eigenvalue weighted by atomic mass is 16.2. The Hall–Kier alpha value is -2.88. The van der Waals surface area contributed by atoms with Crippen molar-refractivity contribution in [2.24, 2.45) is 5.41 Å².